The standard InChI is InChI=1S/C31H22N4O4/c1-2-33-30-6-4-3-5-26(30)27-17-22(11-16-31(27)33)23-18-28(20-7-12-24(13-8-20)34(36)37)32-29(19-23)21-9-14-25(15-10-21)35(38)39/h3-19H,2H2,1H3. The summed E-state index contributed by atoms with van der Waals surface area (Å²) in [4.78, 5) is 26.3. The zero-order valence-electron chi connectivity index (χ0n) is 20.9. The van der Waals surface area contributed by atoms with Gasteiger partial charge >= 0.3 is 0 Å². The summed E-state index contributed by atoms with van der Waals surface area (Å²) in [5.41, 5.74) is 7.01. The summed E-state index contributed by atoms with van der Waals surface area (Å²) in [5, 5.41) is 24.7. The molecule has 0 aliphatic heterocycles. The van der Waals surface area contributed by atoms with Crippen molar-refractivity contribution >= 4 is 33.2 Å². The summed E-state index contributed by atoms with van der Waals surface area (Å²) in [6.07, 6.45) is 0. The molecule has 0 spiro atoms. The molecule has 8 nitrogen and oxygen atoms in total. The summed E-state index contributed by atoms with van der Waals surface area (Å²) < 4.78 is 2.30. The van der Waals surface area contributed by atoms with Crippen LogP contribution >= 0.6 is 0 Å². The van der Waals surface area contributed by atoms with E-state index in [9.17, 15) is 20.2 Å². The third-order valence-corrected chi connectivity index (χ3v) is 7.00. The fourth-order valence-corrected chi connectivity index (χ4v) is 5.07. The molecule has 0 aliphatic carbocycles. The molecule has 0 fully saturated rings. The quantitative estimate of drug-likeness (QED) is 0.165. The van der Waals surface area contributed by atoms with Gasteiger partial charge < -0.3 is 4.57 Å². The third kappa shape index (κ3) is 4.27. The number of fused-ring (bicyclic) bond motifs is 3. The molecule has 0 saturated carbocycles. The number of nitro groups is 2. The highest BCUT2D eigenvalue weighted by atomic mass is 16.6. The lowest BCUT2D eigenvalue weighted by Crippen LogP contribution is -1.94. The van der Waals surface area contributed by atoms with Crippen molar-refractivity contribution in [3.63, 3.8) is 0 Å². The maximum atomic E-state index is 11.2. The number of para-hydroxylation sites is 1. The fraction of sp³-hybridized carbons (Fsp3) is 0.0645. The predicted octanol–water partition coefficient (Wildman–Crippen LogP) is 8.03. The summed E-state index contributed by atoms with van der Waals surface area (Å²) in [7, 11) is 0. The smallest absolute Gasteiger partial charge is 0.269 e. The van der Waals surface area contributed by atoms with Gasteiger partial charge in [0.25, 0.3) is 11.4 Å². The van der Waals surface area contributed by atoms with Crippen LogP contribution in [0.25, 0.3) is 55.4 Å². The van der Waals surface area contributed by atoms with Gasteiger partial charge in [-0.05, 0) is 72.6 Å². The number of hydrogen-bond acceptors (Lipinski definition) is 5. The van der Waals surface area contributed by atoms with Crippen LogP contribution in [0.1, 0.15) is 6.92 Å². The van der Waals surface area contributed by atoms with Gasteiger partial charge in [-0.2, -0.15) is 0 Å². The van der Waals surface area contributed by atoms with Gasteiger partial charge in [-0.1, -0.05) is 24.3 Å². The van der Waals surface area contributed by atoms with Crippen molar-refractivity contribution in [2.45, 2.75) is 13.5 Å². The van der Waals surface area contributed by atoms with E-state index in [1.54, 1.807) is 24.3 Å². The van der Waals surface area contributed by atoms with Gasteiger partial charge in [-0.15, -0.1) is 0 Å². The second-order valence-electron chi connectivity index (χ2n) is 9.23. The molecule has 39 heavy (non-hydrogen) atoms. The highest BCUT2D eigenvalue weighted by molar-refractivity contribution is 6.09. The Kier molecular flexibility index (Phi) is 5.84. The Morgan fingerprint density at radius 3 is 1.67 bits per heavy atom. The number of rotatable bonds is 6. The number of aryl methyl sites for hydroxylation is 1. The summed E-state index contributed by atoms with van der Waals surface area (Å²) in [6, 6.07) is 31.2. The van der Waals surface area contributed by atoms with Crippen LogP contribution in [0.2, 0.25) is 0 Å². The Morgan fingerprint density at radius 1 is 0.615 bits per heavy atom. The number of nitrogens with zero attached hydrogens (tertiary/aromatic N) is 4. The minimum atomic E-state index is -0.433. The van der Waals surface area contributed by atoms with Crippen molar-refractivity contribution in [1.82, 2.24) is 9.55 Å². The Morgan fingerprint density at radius 2 is 1.13 bits per heavy atom. The molecule has 190 valence electrons. The van der Waals surface area contributed by atoms with Crippen LogP contribution in [-0.4, -0.2) is 19.4 Å². The third-order valence-electron chi connectivity index (χ3n) is 7.00. The lowest BCUT2D eigenvalue weighted by Gasteiger charge is -2.11. The SMILES string of the molecule is CCn1c2ccccc2c2cc(-c3cc(-c4ccc([N+](=O)[O-])cc4)nc(-c4ccc([N+](=O)[O-])cc4)c3)ccc21. The summed E-state index contributed by atoms with van der Waals surface area (Å²) in [5.74, 6) is 0. The molecule has 2 aromatic heterocycles. The highest BCUT2D eigenvalue weighted by Gasteiger charge is 2.15. The predicted molar refractivity (Wildman–Crippen MR) is 153 cm³/mol. The van der Waals surface area contributed by atoms with E-state index in [0.29, 0.717) is 11.4 Å². The van der Waals surface area contributed by atoms with Gasteiger partial charge in [0.15, 0.2) is 0 Å². The molecule has 0 N–H and O–H groups in total. The van der Waals surface area contributed by atoms with E-state index < -0.39 is 9.85 Å². The minimum absolute atomic E-state index is 0.00302. The van der Waals surface area contributed by atoms with Crippen LogP contribution in [0.3, 0.4) is 0 Å². The molecule has 6 rings (SSSR count). The van der Waals surface area contributed by atoms with Crippen molar-refractivity contribution in [3.05, 3.63) is 123 Å². The molecule has 0 saturated heterocycles. The molecular weight excluding hydrogens is 492 g/mol. The molecular formula is C31H22N4O4. The number of non-ortho nitro benzene ring substituents is 2. The fourth-order valence-electron chi connectivity index (χ4n) is 5.07. The second kappa shape index (κ2) is 9.50. The molecule has 0 radical (unpaired) electrons. The topological polar surface area (TPSA) is 104 Å². The average Bonchev–Trinajstić information content (AvgIpc) is 3.30. The van der Waals surface area contributed by atoms with Crippen LogP contribution < -0.4 is 0 Å². The van der Waals surface area contributed by atoms with Gasteiger partial charge in [0, 0.05) is 63.7 Å². The van der Waals surface area contributed by atoms with Crippen LogP contribution in [0.5, 0.6) is 0 Å². The summed E-state index contributed by atoms with van der Waals surface area (Å²) in [6.45, 7) is 2.99. The zero-order valence-corrected chi connectivity index (χ0v) is 20.9. The lowest BCUT2D eigenvalue weighted by atomic mass is 9.98. The van der Waals surface area contributed by atoms with E-state index in [1.165, 1.54) is 35.2 Å². The maximum absolute atomic E-state index is 11.2. The first-order valence-corrected chi connectivity index (χ1v) is 12.5. The molecule has 0 bridgehead atoms. The largest absolute Gasteiger partial charge is 0.341 e. The zero-order chi connectivity index (χ0) is 27.1. The number of pyridine rings is 1. The van der Waals surface area contributed by atoms with Crippen molar-refractivity contribution in [2.75, 3.05) is 0 Å². The Bertz CT molecular complexity index is 1820. The van der Waals surface area contributed by atoms with Gasteiger partial charge in [0.05, 0.1) is 21.2 Å². The monoisotopic (exact) mass is 514 g/mol. The molecule has 8 heteroatoms. The van der Waals surface area contributed by atoms with Crippen LogP contribution in [0, 0.1) is 20.2 Å². The molecule has 6 aromatic rings. The van der Waals surface area contributed by atoms with Gasteiger partial charge in [0.1, 0.15) is 0 Å². The number of aromatic nitrogens is 2. The lowest BCUT2D eigenvalue weighted by molar-refractivity contribution is -0.385. The normalized spacial score (nSPS) is 11.2. The molecule has 4 aromatic carbocycles. The maximum Gasteiger partial charge on any atom is 0.269 e. The van der Waals surface area contributed by atoms with Crippen LogP contribution in [0.4, 0.5) is 11.4 Å². The second-order valence-corrected chi connectivity index (χ2v) is 9.23. The first-order chi connectivity index (χ1) is 18.9. The van der Waals surface area contributed by atoms with Crippen LogP contribution in [-0.2, 0) is 6.54 Å². The minimum Gasteiger partial charge on any atom is -0.341 e. The molecule has 0 amide bonds. The van der Waals surface area contributed by atoms with Crippen molar-refractivity contribution < 1.29 is 9.85 Å². The average molecular weight is 515 g/mol. The van der Waals surface area contributed by atoms with Gasteiger partial charge in [-0.25, -0.2) is 4.98 Å². The van der Waals surface area contributed by atoms with Gasteiger partial charge in [-0.3, -0.25) is 20.2 Å². The molecule has 0 unspecified atom stereocenters. The first-order valence-electron chi connectivity index (χ1n) is 12.5. The Balaban J connectivity index is 1.54. The Labute approximate surface area is 223 Å². The van der Waals surface area contributed by atoms with E-state index in [-0.39, 0.29) is 11.4 Å². The first kappa shape index (κ1) is 24.0. The highest BCUT2D eigenvalue weighted by Crippen LogP contribution is 2.35. The van der Waals surface area contributed by atoms with E-state index in [4.69, 9.17) is 4.98 Å². The van der Waals surface area contributed by atoms with E-state index >= 15 is 0 Å². The summed E-state index contributed by atoms with van der Waals surface area (Å²) >= 11 is 0. The Hall–Kier alpha value is -5.37. The van der Waals surface area contributed by atoms with Gasteiger partial charge in [0.2, 0.25) is 0 Å². The van der Waals surface area contributed by atoms with E-state index in [1.807, 2.05) is 24.3 Å². The van der Waals surface area contributed by atoms with E-state index in [2.05, 4.69) is 41.8 Å². The molecule has 0 atom stereocenters. The molecule has 0 aliphatic rings. The van der Waals surface area contributed by atoms with Crippen LogP contribution in [0.15, 0.2) is 103 Å². The van der Waals surface area contributed by atoms with Crippen molar-refractivity contribution in [1.29, 1.82) is 0 Å². The molecule has 2 heterocycles. The van der Waals surface area contributed by atoms with Crippen molar-refractivity contribution in [3.8, 4) is 33.6 Å². The number of nitro benzene ring substituents is 2. The number of hydrogen-bond donors (Lipinski definition) is 0. The van der Waals surface area contributed by atoms with Crippen molar-refractivity contribution in [2.24, 2.45) is 0 Å². The number of benzene rings is 4. The van der Waals surface area contributed by atoms with E-state index in [0.717, 1.165) is 39.7 Å².